The fourth-order valence-corrected chi connectivity index (χ4v) is 3.07. The van der Waals surface area contributed by atoms with E-state index in [1.165, 1.54) is 12.1 Å². The molecular weight excluding hydrogens is 404 g/mol. The summed E-state index contributed by atoms with van der Waals surface area (Å²) in [7, 11) is 0. The first-order valence-corrected chi connectivity index (χ1v) is 7.93. The maximum absolute atomic E-state index is 13.1. The molecule has 0 saturated heterocycles. The van der Waals surface area contributed by atoms with Gasteiger partial charge in [-0.05, 0) is 40.2 Å². The summed E-state index contributed by atoms with van der Waals surface area (Å²) in [4.78, 5) is 12.0. The molecule has 22 heavy (non-hydrogen) atoms. The van der Waals surface area contributed by atoms with Crippen LogP contribution in [-0.4, -0.2) is 14.7 Å². The molecule has 0 saturated carbocycles. The second kappa shape index (κ2) is 6.82. The number of amides is 1. The maximum Gasteiger partial charge on any atom is 0.256 e. The van der Waals surface area contributed by atoms with Crippen molar-refractivity contribution in [2.24, 2.45) is 0 Å². The molecule has 9 heteroatoms. The fraction of sp³-hybridized carbons (Fsp3) is 0. The zero-order valence-electron chi connectivity index (χ0n) is 10.6. The number of hydrogen-bond donors (Lipinski definition) is 2. The highest BCUT2D eigenvalue weighted by Crippen LogP contribution is 2.28. The molecule has 0 aromatic heterocycles. The van der Waals surface area contributed by atoms with E-state index in [0.717, 1.165) is 18.2 Å². The molecular formula is C13H7BrClF2NO3S. The van der Waals surface area contributed by atoms with Crippen molar-refractivity contribution in [1.82, 2.24) is 0 Å². The predicted molar refractivity (Wildman–Crippen MR) is 82.5 cm³/mol. The first kappa shape index (κ1) is 17.0. The third-order valence-corrected chi connectivity index (χ3v) is 4.43. The zero-order chi connectivity index (χ0) is 16.4. The lowest BCUT2D eigenvalue weighted by Gasteiger charge is -2.09. The third kappa shape index (κ3) is 3.70. The molecule has 0 aliphatic carbocycles. The molecule has 2 aromatic carbocycles. The van der Waals surface area contributed by atoms with Crippen LogP contribution in [0, 0.1) is 11.6 Å². The minimum absolute atomic E-state index is 0.0112. The Morgan fingerprint density at radius 2 is 1.91 bits per heavy atom. The van der Waals surface area contributed by atoms with Crippen LogP contribution >= 0.6 is 27.5 Å². The van der Waals surface area contributed by atoms with E-state index in [1.807, 2.05) is 0 Å². The number of anilines is 1. The van der Waals surface area contributed by atoms with Crippen molar-refractivity contribution in [3.8, 4) is 0 Å². The van der Waals surface area contributed by atoms with Gasteiger partial charge in [-0.1, -0.05) is 11.6 Å². The van der Waals surface area contributed by atoms with E-state index in [9.17, 15) is 17.8 Å². The zero-order valence-corrected chi connectivity index (χ0v) is 13.7. The lowest BCUT2D eigenvalue weighted by atomic mass is 10.2. The Morgan fingerprint density at radius 1 is 1.23 bits per heavy atom. The Labute approximate surface area is 139 Å². The summed E-state index contributed by atoms with van der Waals surface area (Å²) in [5, 5.41) is 2.36. The van der Waals surface area contributed by atoms with Gasteiger partial charge in [-0.15, -0.1) is 0 Å². The van der Waals surface area contributed by atoms with E-state index in [2.05, 4.69) is 21.2 Å². The molecule has 2 N–H and O–H groups in total. The van der Waals surface area contributed by atoms with Crippen molar-refractivity contribution < 1.29 is 22.3 Å². The van der Waals surface area contributed by atoms with Gasteiger partial charge in [0, 0.05) is 16.2 Å². The first-order chi connectivity index (χ1) is 10.3. The highest BCUT2D eigenvalue weighted by molar-refractivity contribution is 9.10. The average molecular weight is 411 g/mol. The van der Waals surface area contributed by atoms with Crippen molar-refractivity contribution in [3.63, 3.8) is 0 Å². The van der Waals surface area contributed by atoms with E-state index in [-0.39, 0.29) is 25.6 Å². The molecule has 4 nitrogen and oxygen atoms in total. The van der Waals surface area contributed by atoms with Crippen LogP contribution in [0.3, 0.4) is 0 Å². The van der Waals surface area contributed by atoms with Gasteiger partial charge in [0.2, 0.25) is 0 Å². The molecule has 2 rings (SSSR count). The average Bonchev–Trinajstić information content (AvgIpc) is 2.42. The summed E-state index contributed by atoms with van der Waals surface area (Å²) >= 11 is 6.53. The van der Waals surface area contributed by atoms with Crippen LogP contribution in [0.15, 0.2) is 39.7 Å². The number of halogens is 4. The van der Waals surface area contributed by atoms with Gasteiger partial charge >= 0.3 is 0 Å². The molecule has 0 heterocycles. The molecule has 0 aliphatic rings. The van der Waals surface area contributed by atoms with Gasteiger partial charge in [0.25, 0.3) is 5.91 Å². The highest BCUT2D eigenvalue weighted by Gasteiger charge is 2.17. The number of benzene rings is 2. The Morgan fingerprint density at radius 3 is 2.50 bits per heavy atom. The monoisotopic (exact) mass is 409 g/mol. The Kier molecular flexibility index (Phi) is 5.28. The lowest BCUT2D eigenvalue weighted by Crippen LogP contribution is -2.13. The van der Waals surface area contributed by atoms with Gasteiger partial charge in [-0.25, -0.2) is 13.0 Å². The molecule has 0 radical (unpaired) electrons. The van der Waals surface area contributed by atoms with Crippen molar-refractivity contribution >= 4 is 50.2 Å². The minimum Gasteiger partial charge on any atom is -0.322 e. The van der Waals surface area contributed by atoms with E-state index < -0.39 is 28.6 Å². The lowest BCUT2D eigenvalue weighted by molar-refractivity contribution is 0.102. The van der Waals surface area contributed by atoms with Crippen molar-refractivity contribution in [1.29, 1.82) is 0 Å². The Hall–Kier alpha value is -1.35. The molecule has 116 valence electrons. The van der Waals surface area contributed by atoms with Gasteiger partial charge in [0.1, 0.15) is 0 Å². The molecule has 2 aromatic rings. The van der Waals surface area contributed by atoms with Crippen LogP contribution in [0.2, 0.25) is 5.02 Å². The number of carbonyl (C=O) groups excluding carboxylic acids is 1. The van der Waals surface area contributed by atoms with Crippen molar-refractivity contribution in [3.05, 3.63) is 57.0 Å². The summed E-state index contributed by atoms with van der Waals surface area (Å²) in [5.41, 5.74) is 0.0592. The fourth-order valence-electron chi connectivity index (χ4n) is 1.61. The van der Waals surface area contributed by atoms with Gasteiger partial charge < -0.3 is 9.87 Å². The van der Waals surface area contributed by atoms with Gasteiger partial charge in [0.05, 0.1) is 15.5 Å². The maximum atomic E-state index is 13.1. The molecule has 0 bridgehead atoms. The third-order valence-electron chi connectivity index (χ3n) is 2.63. The van der Waals surface area contributed by atoms with Crippen LogP contribution in [0.1, 0.15) is 10.4 Å². The van der Waals surface area contributed by atoms with Gasteiger partial charge in [-0.3, -0.25) is 4.79 Å². The standard InChI is InChI=1S/C13H7BrClF2NO3S/c14-8-5-9(15)12(22(20)21)4-7(8)13(19)18-6-1-2-10(16)11(17)3-6/h1-5H,(H,18,19)(H,20,21). The summed E-state index contributed by atoms with van der Waals surface area (Å²) in [5.74, 6) is -2.82. The second-order valence-corrected chi connectivity index (χ2v) is 6.29. The second-order valence-electron chi connectivity index (χ2n) is 4.09. The molecule has 1 amide bonds. The van der Waals surface area contributed by atoms with E-state index in [1.54, 1.807) is 0 Å². The SMILES string of the molecule is O=C(Nc1ccc(F)c(F)c1)c1cc(S(=O)O)c(Cl)cc1Br. The summed E-state index contributed by atoms with van der Waals surface area (Å²) < 4.78 is 46.5. The van der Waals surface area contributed by atoms with Gasteiger partial charge in [-0.2, -0.15) is 0 Å². The molecule has 1 unspecified atom stereocenters. The van der Waals surface area contributed by atoms with Crippen LogP contribution in [0.25, 0.3) is 0 Å². The normalized spacial score (nSPS) is 12.0. The molecule has 0 aliphatic heterocycles. The number of hydrogen-bond acceptors (Lipinski definition) is 2. The largest absolute Gasteiger partial charge is 0.322 e. The predicted octanol–water partition coefficient (Wildman–Crippen LogP) is 4.21. The first-order valence-electron chi connectivity index (χ1n) is 5.66. The topological polar surface area (TPSA) is 66.4 Å². The Balaban J connectivity index is 2.35. The van der Waals surface area contributed by atoms with Gasteiger partial charge in [0.15, 0.2) is 22.7 Å². The van der Waals surface area contributed by atoms with E-state index in [0.29, 0.717) is 0 Å². The Bertz CT molecular complexity index is 788. The van der Waals surface area contributed by atoms with E-state index >= 15 is 0 Å². The molecule has 0 spiro atoms. The summed E-state index contributed by atoms with van der Waals surface area (Å²) in [6, 6.07) is 5.31. The van der Waals surface area contributed by atoms with Crippen LogP contribution in [-0.2, 0) is 11.1 Å². The molecule has 0 fully saturated rings. The summed E-state index contributed by atoms with van der Waals surface area (Å²) in [6.07, 6.45) is 0. The quantitative estimate of drug-likeness (QED) is 0.745. The number of nitrogens with one attached hydrogen (secondary N) is 1. The highest BCUT2D eigenvalue weighted by atomic mass is 79.9. The van der Waals surface area contributed by atoms with Crippen LogP contribution in [0.5, 0.6) is 0 Å². The summed E-state index contributed by atoms with van der Waals surface area (Å²) in [6.45, 7) is 0. The number of carbonyl (C=O) groups is 1. The van der Waals surface area contributed by atoms with E-state index in [4.69, 9.17) is 16.2 Å². The van der Waals surface area contributed by atoms with Crippen LogP contribution < -0.4 is 5.32 Å². The minimum atomic E-state index is -2.37. The molecule has 1 atom stereocenters. The number of rotatable bonds is 3. The van der Waals surface area contributed by atoms with Crippen LogP contribution in [0.4, 0.5) is 14.5 Å². The smallest absolute Gasteiger partial charge is 0.256 e. The van der Waals surface area contributed by atoms with Crippen molar-refractivity contribution in [2.75, 3.05) is 5.32 Å². The van der Waals surface area contributed by atoms with Crippen molar-refractivity contribution in [2.45, 2.75) is 4.90 Å².